The average molecular weight is 270 g/mol. The van der Waals surface area contributed by atoms with E-state index < -0.39 is 0 Å². The van der Waals surface area contributed by atoms with Gasteiger partial charge in [-0.15, -0.1) is 11.3 Å². The van der Waals surface area contributed by atoms with Gasteiger partial charge in [-0.3, -0.25) is 0 Å². The van der Waals surface area contributed by atoms with Crippen molar-refractivity contribution in [2.75, 3.05) is 5.75 Å². The lowest BCUT2D eigenvalue weighted by atomic mass is 10.1. The van der Waals surface area contributed by atoms with Gasteiger partial charge in [0.2, 0.25) is 0 Å². The standard InChI is InChI=1S/C13H22N2S2/c1-9(2)7-10-12(8-14)17-13(15-10)11-5-3-4-6-16-11/h9,11H,3-8,14H2,1-2H3. The number of thiazole rings is 1. The van der Waals surface area contributed by atoms with Crippen molar-refractivity contribution in [3.63, 3.8) is 0 Å². The van der Waals surface area contributed by atoms with Gasteiger partial charge in [-0.1, -0.05) is 20.3 Å². The summed E-state index contributed by atoms with van der Waals surface area (Å²) in [7, 11) is 0. The molecule has 1 atom stereocenters. The van der Waals surface area contributed by atoms with Crippen LogP contribution in [0.5, 0.6) is 0 Å². The lowest BCUT2D eigenvalue weighted by molar-refractivity contribution is 0.628. The quantitative estimate of drug-likeness (QED) is 0.905. The monoisotopic (exact) mass is 270 g/mol. The molecular weight excluding hydrogens is 248 g/mol. The first kappa shape index (κ1) is 13.4. The maximum absolute atomic E-state index is 5.83. The van der Waals surface area contributed by atoms with Crippen molar-refractivity contribution < 1.29 is 0 Å². The highest BCUT2D eigenvalue weighted by molar-refractivity contribution is 7.99. The summed E-state index contributed by atoms with van der Waals surface area (Å²) in [6.45, 7) is 5.14. The zero-order valence-electron chi connectivity index (χ0n) is 10.7. The summed E-state index contributed by atoms with van der Waals surface area (Å²) in [6.07, 6.45) is 5.09. The number of nitrogens with zero attached hydrogens (tertiary/aromatic N) is 1. The number of thioether (sulfide) groups is 1. The zero-order chi connectivity index (χ0) is 12.3. The van der Waals surface area contributed by atoms with Crippen LogP contribution in [0, 0.1) is 5.92 Å². The maximum Gasteiger partial charge on any atom is 0.106 e. The summed E-state index contributed by atoms with van der Waals surface area (Å²) in [4.78, 5) is 6.17. The summed E-state index contributed by atoms with van der Waals surface area (Å²) >= 11 is 3.93. The van der Waals surface area contributed by atoms with Crippen molar-refractivity contribution in [1.29, 1.82) is 0 Å². The Labute approximate surface area is 112 Å². The molecule has 0 radical (unpaired) electrons. The number of rotatable bonds is 4. The highest BCUT2D eigenvalue weighted by Crippen LogP contribution is 2.40. The SMILES string of the molecule is CC(C)Cc1nc(C2CCCCS2)sc1CN. The van der Waals surface area contributed by atoms with Gasteiger partial charge in [0.1, 0.15) is 5.01 Å². The molecule has 0 saturated carbocycles. The molecule has 1 aliphatic heterocycles. The molecule has 0 aliphatic carbocycles. The lowest BCUT2D eigenvalue weighted by Crippen LogP contribution is -2.03. The molecule has 17 heavy (non-hydrogen) atoms. The summed E-state index contributed by atoms with van der Waals surface area (Å²) in [5.41, 5.74) is 7.09. The van der Waals surface area contributed by atoms with Crippen LogP contribution in [0.2, 0.25) is 0 Å². The Morgan fingerprint density at radius 3 is 2.82 bits per heavy atom. The van der Waals surface area contributed by atoms with Crippen molar-refractivity contribution >= 4 is 23.1 Å². The number of nitrogens with two attached hydrogens (primary N) is 1. The molecule has 0 bridgehead atoms. The van der Waals surface area contributed by atoms with Crippen LogP contribution in [0.25, 0.3) is 0 Å². The second-order valence-corrected chi connectivity index (χ2v) is 7.51. The van der Waals surface area contributed by atoms with Crippen molar-refractivity contribution in [3.05, 3.63) is 15.6 Å². The minimum atomic E-state index is 0.639. The van der Waals surface area contributed by atoms with Gasteiger partial charge in [-0.25, -0.2) is 4.98 Å². The highest BCUT2D eigenvalue weighted by Gasteiger charge is 2.21. The van der Waals surface area contributed by atoms with Crippen molar-refractivity contribution in [2.24, 2.45) is 11.7 Å². The van der Waals surface area contributed by atoms with E-state index in [0.29, 0.717) is 17.7 Å². The van der Waals surface area contributed by atoms with Crippen LogP contribution < -0.4 is 5.73 Å². The molecule has 1 fully saturated rings. The first-order valence-electron chi connectivity index (χ1n) is 6.51. The molecule has 96 valence electrons. The second-order valence-electron chi connectivity index (χ2n) is 5.08. The van der Waals surface area contributed by atoms with E-state index in [1.807, 2.05) is 11.3 Å². The molecule has 0 aromatic carbocycles. The molecule has 1 saturated heterocycles. The van der Waals surface area contributed by atoms with Crippen LogP contribution in [0.4, 0.5) is 0 Å². The Morgan fingerprint density at radius 2 is 2.24 bits per heavy atom. The lowest BCUT2D eigenvalue weighted by Gasteiger charge is -2.18. The largest absolute Gasteiger partial charge is 0.326 e. The fraction of sp³-hybridized carbons (Fsp3) is 0.769. The minimum Gasteiger partial charge on any atom is -0.326 e. The third kappa shape index (κ3) is 3.46. The van der Waals surface area contributed by atoms with Crippen molar-refractivity contribution in [2.45, 2.75) is 51.3 Å². The fourth-order valence-electron chi connectivity index (χ4n) is 2.18. The van der Waals surface area contributed by atoms with Gasteiger partial charge in [0, 0.05) is 11.4 Å². The second kappa shape index (κ2) is 6.21. The van der Waals surface area contributed by atoms with E-state index in [4.69, 9.17) is 10.7 Å². The first-order chi connectivity index (χ1) is 8.20. The van der Waals surface area contributed by atoms with Gasteiger partial charge < -0.3 is 5.73 Å². The predicted octanol–water partition coefficient (Wildman–Crippen LogP) is 3.76. The van der Waals surface area contributed by atoms with Gasteiger partial charge in [0.05, 0.1) is 10.9 Å². The van der Waals surface area contributed by atoms with Crippen LogP contribution >= 0.6 is 23.1 Å². The van der Waals surface area contributed by atoms with E-state index in [1.165, 1.54) is 40.6 Å². The Balaban J connectivity index is 2.14. The number of hydrogen-bond acceptors (Lipinski definition) is 4. The van der Waals surface area contributed by atoms with Crippen LogP contribution in [-0.4, -0.2) is 10.7 Å². The van der Waals surface area contributed by atoms with Crippen molar-refractivity contribution in [3.8, 4) is 0 Å². The molecule has 1 aromatic rings. The normalized spacial score (nSPS) is 21.1. The Hall–Kier alpha value is -0.0600. The van der Waals surface area contributed by atoms with Crippen LogP contribution in [0.1, 0.15) is 53.9 Å². The molecule has 2 heterocycles. The Kier molecular flexibility index (Phi) is 4.88. The van der Waals surface area contributed by atoms with E-state index >= 15 is 0 Å². The maximum atomic E-state index is 5.83. The first-order valence-corrected chi connectivity index (χ1v) is 8.37. The third-order valence-electron chi connectivity index (χ3n) is 3.04. The van der Waals surface area contributed by atoms with Gasteiger partial charge in [-0.2, -0.15) is 11.8 Å². The smallest absolute Gasteiger partial charge is 0.106 e. The molecule has 1 unspecified atom stereocenters. The van der Waals surface area contributed by atoms with E-state index in [1.54, 1.807) is 0 Å². The van der Waals surface area contributed by atoms with E-state index in [-0.39, 0.29) is 0 Å². The Bertz CT molecular complexity index is 354. The molecule has 2 N–H and O–H groups in total. The van der Waals surface area contributed by atoms with Gasteiger partial charge in [-0.05, 0) is 30.9 Å². The minimum absolute atomic E-state index is 0.639. The summed E-state index contributed by atoms with van der Waals surface area (Å²) in [5, 5.41) is 1.96. The average Bonchev–Trinajstić information content (AvgIpc) is 2.72. The summed E-state index contributed by atoms with van der Waals surface area (Å²) in [6, 6.07) is 0. The van der Waals surface area contributed by atoms with Crippen molar-refractivity contribution in [1.82, 2.24) is 4.98 Å². The molecule has 0 spiro atoms. The molecule has 1 aromatic heterocycles. The molecule has 2 nitrogen and oxygen atoms in total. The van der Waals surface area contributed by atoms with Gasteiger partial charge in [0.15, 0.2) is 0 Å². The molecular formula is C13H22N2S2. The molecule has 1 aliphatic rings. The van der Waals surface area contributed by atoms with Crippen LogP contribution in [0.15, 0.2) is 0 Å². The van der Waals surface area contributed by atoms with E-state index in [0.717, 1.165) is 6.42 Å². The summed E-state index contributed by atoms with van der Waals surface area (Å²) in [5.74, 6) is 1.95. The van der Waals surface area contributed by atoms with E-state index in [2.05, 4.69) is 25.6 Å². The Morgan fingerprint density at radius 1 is 1.41 bits per heavy atom. The molecule has 4 heteroatoms. The van der Waals surface area contributed by atoms with Crippen LogP contribution in [-0.2, 0) is 13.0 Å². The van der Waals surface area contributed by atoms with Gasteiger partial charge >= 0.3 is 0 Å². The number of hydrogen-bond donors (Lipinski definition) is 1. The van der Waals surface area contributed by atoms with Crippen LogP contribution in [0.3, 0.4) is 0 Å². The molecule has 0 amide bonds. The molecule has 2 rings (SSSR count). The predicted molar refractivity (Wildman–Crippen MR) is 77.6 cm³/mol. The zero-order valence-corrected chi connectivity index (χ0v) is 12.4. The fourth-order valence-corrected chi connectivity index (χ4v) is 4.70. The van der Waals surface area contributed by atoms with E-state index in [9.17, 15) is 0 Å². The number of aromatic nitrogens is 1. The highest BCUT2D eigenvalue weighted by atomic mass is 32.2. The topological polar surface area (TPSA) is 38.9 Å². The van der Waals surface area contributed by atoms with Gasteiger partial charge in [0.25, 0.3) is 0 Å². The summed E-state index contributed by atoms with van der Waals surface area (Å²) < 4.78 is 0. The third-order valence-corrected chi connectivity index (χ3v) is 5.81.